The Hall–Kier alpha value is -1.91. The molecule has 0 atom stereocenters. The number of nitrogens with two attached hydrogens (primary N) is 1. The number of rotatable bonds is 2. The highest BCUT2D eigenvalue weighted by molar-refractivity contribution is 5.39. The molecule has 0 saturated heterocycles. The summed E-state index contributed by atoms with van der Waals surface area (Å²) in [5.74, 6) is 2.98. The second-order valence-corrected chi connectivity index (χ2v) is 5.29. The molecule has 5 heteroatoms. The Balaban J connectivity index is 2.56. The van der Waals surface area contributed by atoms with Gasteiger partial charge in [0.25, 0.3) is 0 Å². The molecule has 2 rings (SSSR count). The van der Waals surface area contributed by atoms with E-state index in [2.05, 4.69) is 42.6 Å². The highest BCUT2D eigenvalue weighted by Gasteiger charge is 2.19. The van der Waals surface area contributed by atoms with Crippen molar-refractivity contribution in [2.75, 3.05) is 5.73 Å². The average molecular weight is 245 g/mol. The zero-order valence-electron chi connectivity index (χ0n) is 11.3. The Kier molecular flexibility index (Phi) is 3.07. The van der Waals surface area contributed by atoms with Gasteiger partial charge < -0.3 is 5.73 Å². The molecule has 0 spiro atoms. The van der Waals surface area contributed by atoms with Crippen LogP contribution in [0.2, 0.25) is 0 Å². The summed E-state index contributed by atoms with van der Waals surface area (Å²) in [6.45, 7) is 8.27. The number of aryl methyl sites for hydroxylation is 1. The summed E-state index contributed by atoms with van der Waals surface area (Å²) < 4.78 is 1.95. The quantitative estimate of drug-likeness (QED) is 0.879. The SMILES string of the molecule is CCc1nccn1-c1cc(N)nc(C(C)(C)C)n1. The van der Waals surface area contributed by atoms with E-state index in [9.17, 15) is 0 Å². The highest BCUT2D eigenvalue weighted by Crippen LogP contribution is 2.21. The third-order valence-electron chi connectivity index (χ3n) is 2.68. The molecule has 0 amide bonds. The van der Waals surface area contributed by atoms with Crippen molar-refractivity contribution >= 4 is 5.82 Å². The molecular formula is C13H19N5. The van der Waals surface area contributed by atoms with Crippen molar-refractivity contribution in [1.82, 2.24) is 19.5 Å². The summed E-state index contributed by atoms with van der Waals surface area (Å²) in [6.07, 6.45) is 4.52. The van der Waals surface area contributed by atoms with Gasteiger partial charge in [-0.2, -0.15) is 0 Å². The van der Waals surface area contributed by atoms with E-state index in [1.165, 1.54) is 0 Å². The van der Waals surface area contributed by atoms with E-state index < -0.39 is 0 Å². The number of anilines is 1. The van der Waals surface area contributed by atoms with Crippen molar-refractivity contribution in [3.05, 3.63) is 30.1 Å². The molecule has 0 aliphatic rings. The summed E-state index contributed by atoms with van der Waals surface area (Å²) in [5, 5.41) is 0. The number of aromatic nitrogens is 4. The first-order chi connectivity index (χ1) is 8.41. The van der Waals surface area contributed by atoms with Gasteiger partial charge in [-0.3, -0.25) is 4.57 Å². The van der Waals surface area contributed by atoms with Gasteiger partial charge in [-0.05, 0) is 0 Å². The average Bonchev–Trinajstić information content (AvgIpc) is 2.74. The van der Waals surface area contributed by atoms with E-state index in [1.54, 1.807) is 12.3 Å². The van der Waals surface area contributed by atoms with Crippen LogP contribution < -0.4 is 5.73 Å². The van der Waals surface area contributed by atoms with Gasteiger partial charge >= 0.3 is 0 Å². The fraction of sp³-hybridized carbons (Fsp3) is 0.462. The first-order valence-corrected chi connectivity index (χ1v) is 6.09. The van der Waals surface area contributed by atoms with Gasteiger partial charge in [0.15, 0.2) is 0 Å². The lowest BCUT2D eigenvalue weighted by atomic mass is 9.96. The normalized spacial score (nSPS) is 11.8. The van der Waals surface area contributed by atoms with E-state index in [1.807, 2.05) is 10.8 Å². The molecule has 5 nitrogen and oxygen atoms in total. The van der Waals surface area contributed by atoms with Gasteiger partial charge in [0.2, 0.25) is 0 Å². The van der Waals surface area contributed by atoms with Crippen LogP contribution in [0.5, 0.6) is 0 Å². The van der Waals surface area contributed by atoms with E-state index in [4.69, 9.17) is 5.73 Å². The Morgan fingerprint density at radius 2 is 2.00 bits per heavy atom. The van der Waals surface area contributed by atoms with Crippen LogP contribution in [-0.2, 0) is 11.8 Å². The van der Waals surface area contributed by atoms with Gasteiger partial charge in [-0.1, -0.05) is 27.7 Å². The molecule has 0 unspecified atom stereocenters. The minimum atomic E-state index is -0.128. The Morgan fingerprint density at radius 3 is 2.61 bits per heavy atom. The number of hydrogen-bond acceptors (Lipinski definition) is 4. The Bertz CT molecular complexity index is 551. The fourth-order valence-corrected chi connectivity index (χ4v) is 1.72. The smallest absolute Gasteiger partial charge is 0.143 e. The van der Waals surface area contributed by atoms with Crippen LogP contribution in [0.4, 0.5) is 5.82 Å². The molecule has 0 aliphatic carbocycles. The van der Waals surface area contributed by atoms with Gasteiger partial charge in [-0.15, -0.1) is 0 Å². The minimum absolute atomic E-state index is 0.128. The van der Waals surface area contributed by atoms with Crippen LogP contribution >= 0.6 is 0 Å². The lowest BCUT2D eigenvalue weighted by molar-refractivity contribution is 0.544. The molecule has 2 N–H and O–H groups in total. The summed E-state index contributed by atoms with van der Waals surface area (Å²) >= 11 is 0. The van der Waals surface area contributed by atoms with Gasteiger partial charge in [0, 0.05) is 30.3 Å². The zero-order chi connectivity index (χ0) is 13.3. The monoisotopic (exact) mass is 245 g/mol. The molecule has 0 saturated carbocycles. The molecule has 0 aromatic carbocycles. The lowest BCUT2D eigenvalue weighted by Crippen LogP contribution is -2.18. The van der Waals surface area contributed by atoms with E-state index in [0.717, 1.165) is 23.9 Å². The van der Waals surface area contributed by atoms with Crippen LogP contribution in [0.1, 0.15) is 39.3 Å². The van der Waals surface area contributed by atoms with Gasteiger partial charge in [0.05, 0.1) is 0 Å². The molecule has 2 aromatic rings. The van der Waals surface area contributed by atoms with Crippen molar-refractivity contribution in [1.29, 1.82) is 0 Å². The molecule has 0 fully saturated rings. The van der Waals surface area contributed by atoms with Crippen LogP contribution in [0.15, 0.2) is 18.5 Å². The van der Waals surface area contributed by atoms with Crippen molar-refractivity contribution in [3.63, 3.8) is 0 Å². The first kappa shape index (κ1) is 12.5. The van der Waals surface area contributed by atoms with E-state index >= 15 is 0 Å². The van der Waals surface area contributed by atoms with Gasteiger partial charge in [-0.25, -0.2) is 15.0 Å². The lowest BCUT2D eigenvalue weighted by Gasteiger charge is -2.18. The molecule has 2 heterocycles. The third kappa shape index (κ3) is 2.34. The number of imidazole rings is 1. The van der Waals surface area contributed by atoms with Crippen molar-refractivity contribution in [3.8, 4) is 5.82 Å². The summed E-state index contributed by atoms with van der Waals surface area (Å²) in [5.41, 5.74) is 5.74. The summed E-state index contributed by atoms with van der Waals surface area (Å²) in [7, 11) is 0. The second-order valence-electron chi connectivity index (χ2n) is 5.29. The maximum Gasteiger partial charge on any atom is 0.143 e. The highest BCUT2D eigenvalue weighted by atomic mass is 15.1. The molecule has 18 heavy (non-hydrogen) atoms. The van der Waals surface area contributed by atoms with Crippen LogP contribution in [-0.4, -0.2) is 19.5 Å². The molecule has 2 aromatic heterocycles. The molecular weight excluding hydrogens is 226 g/mol. The predicted octanol–water partition coefficient (Wildman–Crippen LogP) is 2.10. The first-order valence-electron chi connectivity index (χ1n) is 6.09. The molecule has 0 bridgehead atoms. The van der Waals surface area contributed by atoms with Crippen molar-refractivity contribution in [2.45, 2.75) is 39.5 Å². The number of nitrogen functional groups attached to an aromatic ring is 1. The fourth-order valence-electron chi connectivity index (χ4n) is 1.72. The maximum absolute atomic E-state index is 5.87. The van der Waals surface area contributed by atoms with Crippen LogP contribution in [0, 0.1) is 0 Å². The van der Waals surface area contributed by atoms with E-state index in [0.29, 0.717) is 5.82 Å². The van der Waals surface area contributed by atoms with Crippen molar-refractivity contribution < 1.29 is 0 Å². The Labute approximate surface area is 107 Å². The van der Waals surface area contributed by atoms with E-state index in [-0.39, 0.29) is 5.41 Å². The summed E-state index contributed by atoms with van der Waals surface area (Å²) in [4.78, 5) is 13.2. The largest absolute Gasteiger partial charge is 0.384 e. The Morgan fingerprint density at radius 1 is 1.28 bits per heavy atom. The zero-order valence-corrected chi connectivity index (χ0v) is 11.3. The maximum atomic E-state index is 5.87. The van der Waals surface area contributed by atoms with Crippen LogP contribution in [0.25, 0.3) is 5.82 Å². The molecule has 0 aliphatic heterocycles. The number of nitrogens with zero attached hydrogens (tertiary/aromatic N) is 4. The third-order valence-corrected chi connectivity index (χ3v) is 2.68. The predicted molar refractivity (Wildman–Crippen MR) is 71.6 cm³/mol. The van der Waals surface area contributed by atoms with Crippen molar-refractivity contribution in [2.24, 2.45) is 0 Å². The second kappa shape index (κ2) is 4.40. The standard InChI is InChI=1S/C13H19N5/c1-5-10-15-6-7-18(10)11-8-9(14)16-12(17-11)13(2,3)4/h6-8H,5H2,1-4H3,(H2,14,16,17). The minimum Gasteiger partial charge on any atom is -0.384 e. The topological polar surface area (TPSA) is 69.6 Å². The van der Waals surface area contributed by atoms with Gasteiger partial charge in [0.1, 0.15) is 23.3 Å². The summed E-state index contributed by atoms with van der Waals surface area (Å²) in [6, 6.07) is 1.77. The number of hydrogen-bond donors (Lipinski definition) is 1. The molecule has 96 valence electrons. The van der Waals surface area contributed by atoms with Crippen LogP contribution in [0.3, 0.4) is 0 Å². The molecule has 0 radical (unpaired) electrons.